The minimum atomic E-state index is -3.42. The van der Waals surface area contributed by atoms with Crippen LogP contribution in [0.25, 0.3) is 0 Å². The van der Waals surface area contributed by atoms with Crippen molar-refractivity contribution in [1.82, 2.24) is 0 Å². The molecular formula is C8H13O3P. The zero-order chi connectivity index (χ0) is 9.19. The molecule has 1 aromatic carbocycles. The molecule has 1 aromatic rings. The van der Waals surface area contributed by atoms with Crippen molar-refractivity contribution < 1.29 is 14.3 Å². The topological polar surface area (TPSA) is 49.7 Å². The molecule has 0 radical (unpaired) electrons. The van der Waals surface area contributed by atoms with Gasteiger partial charge in [-0.2, -0.15) is 0 Å². The number of hydrogen-bond donors (Lipinski definition) is 2. The van der Waals surface area contributed by atoms with E-state index in [1.165, 1.54) is 6.66 Å². The van der Waals surface area contributed by atoms with Crippen LogP contribution in [0.2, 0.25) is 0 Å². The molecule has 0 bridgehead atoms. The van der Waals surface area contributed by atoms with Crippen LogP contribution in [0.1, 0.15) is 5.56 Å². The fourth-order valence-electron chi connectivity index (χ4n) is 0.830. The van der Waals surface area contributed by atoms with Crippen molar-refractivity contribution in [2.45, 2.75) is 6.92 Å². The fourth-order valence-corrected chi connectivity index (χ4v) is 1.41. The molecule has 68 valence electrons. The van der Waals surface area contributed by atoms with E-state index in [2.05, 4.69) is 0 Å². The second kappa shape index (κ2) is 3.40. The van der Waals surface area contributed by atoms with Gasteiger partial charge >= 0.3 is 71.4 Å². The van der Waals surface area contributed by atoms with Gasteiger partial charge in [-0.1, -0.05) is 0 Å². The van der Waals surface area contributed by atoms with E-state index in [-0.39, 0.29) is 0 Å². The summed E-state index contributed by atoms with van der Waals surface area (Å²) in [7, 11) is -3.42. The first-order valence-corrected chi connectivity index (χ1v) is 5.98. The summed E-state index contributed by atoms with van der Waals surface area (Å²) in [5.74, 6) is 0.500. The average Bonchev–Trinajstić information content (AvgIpc) is 1.91. The fraction of sp³-hybridized carbons (Fsp3) is 0.250. The molecule has 0 aliphatic carbocycles. The maximum absolute atomic E-state index is 9.01. The molecule has 0 heterocycles. The summed E-state index contributed by atoms with van der Waals surface area (Å²) in [6.07, 6.45) is 0. The first-order chi connectivity index (χ1) is 5.47. The Morgan fingerprint density at radius 2 is 1.67 bits per heavy atom. The Morgan fingerprint density at radius 1 is 1.17 bits per heavy atom. The van der Waals surface area contributed by atoms with Gasteiger partial charge in [0, 0.05) is 0 Å². The van der Waals surface area contributed by atoms with Crippen molar-refractivity contribution in [2.75, 3.05) is 6.66 Å². The van der Waals surface area contributed by atoms with Crippen molar-refractivity contribution in [3.8, 4) is 5.75 Å². The third-order valence-electron chi connectivity index (χ3n) is 1.33. The Kier molecular flexibility index (Phi) is 2.68. The Balaban J connectivity index is 2.71. The van der Waals surface area contributed by atoms with Crippen LogP contribution in [0, 0.1) is 6.92 Å². The average molecular weight is 188 g/mol. The molecule has 0 aliphatic heterocycles. The normalized spacial score (nSPS) is 12.7. The molecule has 0 aromatic heterocycles. The maximum atomic E-state index is 9.01. The molecule has 1 rings (SSSR count). The van der Waals surface area contributed by atoms with E-state index >= 15 is 0 Å². The Bertz CT molecular complexity index is 250. The number of benzene rings is 1. The van der Waals surface area contributed by atoms with Crippen LogP contribution in [-0.4, -0.2) is 16.5 Å². The van der Waals surface area contributed by atoms with Gasteiger partial charge in [0.15, 0.2) is 0 Å². The van der Waals surface area contributed by atoms with E-state index < -0.39 is 7.94 Å². The van der Waals surface area contributed by atoms with Crippen LogP contribution in [0.5, 0.6) is 5.75 Å². The van der Waals surface area contributed by atoms with Gasteiger partial charge in [0.25, 0.3) is 0 Å². The van der Waals surface area contributed by atoms with Gasteiger partial charge in [-0.05, 0) is 0 Å². The summed E-state index contributed by atoms with van der Waals surface area (Å²) in [5.41, 5.74) is 1.11. The molecule has 0 aliphatic rings. The molecule has 3 nitrogen and oxygen atoms in total. The van der Waals surface area contributed by atoms with E-state index in [1.54, 1.807) is 12.1 Å². The van der Waals surface area contributed by atoms with Gasteiger partial charge in [-0.15, -0.1) is 0 Å². The van der Waals surface area contributed by atoms with Gasteiger partial charge in [-0.25, -0.2) is 0 Å². The van der Waals surface area contributed by atoms with Crippen LogP contribution in [0.15, 0.2) is 24.3 Å². The number of aryl methyl sites for hydroxylation is 1. The summed E-state index contributed by atoms with van der Waals surface area (Å²) < 4.78 is 4.91. The van der Waals surface area contributed by atoms with Crippen molar-refractivity contribution >= 4 is 7.94 Å². The monoisotopic (exact) mass is 188 g/mol. The molecule has 2 N–H and O–H groups in total. The van der Waals surface area contributed by atoms with Gasteiger partial charge in [-0.3, -0.25) is 0 Å². The van der Waals surface area contributed by atoms with Crippen molar-refractivity contribution in [3.63, 3.8) is 0 Å². The van der Waals surface area contributed by atoms with E-state index in [1.807, 2.05) is 19.1 Å². The summed E-state index contributed by atoms with van der Waals surface area (Å²) in [5, 5.41) is 0. The molecule has 0 spiro atoms. The van der Waals surface area contributed by atoms with Crippen LogP contribution >= 0.6 is 7.94 Å². The minimum absolute atomic E-state index is 0.500. The van der Waals surface area contributed by atoms with Gasteiger partial charge < -0.3 is 0 Å². The van der Waals surface area contributed by atoms with Crippen molar-refractivity contribution in [3.05, 3.63) is 29.8 Å². The third kappa shape index (κ3) is 3.18. The molecular weight excluding hydrogens is 175 g/mol. The van der Waals surface area contributed by atoms with Crippen LogP contribution in [-0.2, 0) is 0 Å². The van der Waals surface area contributed by atoms with Crippen LogP contribution in [0.3, 0.4) is 0 Å². The first-order valence-electron chi connectivity index (χ1n) is 3.68. The molecule has 0 amide bonds. The zero-order valence-electron chi connectivity index (χ0n) is 7.11. The van der Waals surface area contributed by atoms with E-state index in [0.717, 1.165) is 5.56 Å². The summed E-state index contributed by atoms with van der Waals surface area (Å²) in [4.78, 5) is 18.0. The Hall–Kier alpha value is -0.630. The first kappa shape index (κ1) is 9.46. The van der Waals surface area contributed by atoms with Crippen molar-refractivity contribution in [2.24, 2.45) is 0 Å². The summed E-state index contributed by atoms with van der Waals surface area (Å²) in [6.45, 7) is 3.26. The van der Waals surface area contributed by atoms with Crippen LogP contribution in [0.4, 0.5) is 0 Å². The zero-order valence-corrected chi connectivity index (χ0v) is 8.11. The number of rotatable bonds is 2. The molecule has 0 unspecified atom stereocenters. The van der Waals surface area contributed by atoms with E-state index in [0.29, 0.717) is 5.75 Å². The van der Waals surface area contributed by atoms with Gasteiger partial charge in [0.1, 0.15) is 0 Å². The van der Waals surface area contributed by atoms with Gasteiger partial charge in [0.2, 0.25) is 0 Å². The predicted molar refractivity (Wildman–Crippen MR) is 50.5 cm³/mol. The Labute approximate surface area is 72.2 Å². The molecule has 0 atom stereocenters. The second-order valence-electron chi connectivity index (χ2n) is 2.85. The van der Waals surface area contributed by atoms with E-state index in [4.69, 9.17) is 14.3 Å². The summed E-state index contributed by atoms with van der Waals surface area (Å²) >= 11 is 0. The second-order valence-corrected chi connectivity index (χ2v) is 4.92. The van der Waals surface area contributed by atoms with Crippen LogP contribution < -0.4 is 4.52 Å². The quantitative estimate of drug-likeness (QED) is 0.691. The molecule has 0 saturated heterocycles. The third-order valence-corrected chi connectivity index (χ3v) is 1.95. The predicted octanol–water partition coefficient (Wildman–Crippen LogP) is 1.48. The van der Waals surface area contributed by atoms with E-state index in [9.17, 15) is 0 Å². The Morgan fingerprint density at radius 3 is 2.08 bits per heavy atom. The molecule has 12 heavy (non-hydrogen) atoms. The van der Waals surface area contributed by atoms with Crippen molar-refractivity contribution in [1.29, 1.82) is 0 Å². The standard InChI is InChI=1S/C8H13O3P/c1-7-3-5-8(6-4-7)11-12(2,9)10/h3-6,9-10,12H,1-2H3. The molecule has 0 saturated carbocycles. The number of hydrogen-bond acceptors (Lipinski definition) is 3. The SMILES string of the molecule is Cc1ccc(O[PH](C)(O)O)cc1. The summed E-state index contributed by atoms with van der Waals surface area (Å²) in [6, 6.07) is 7.14. The van der Waals surface area contributed by atoms with Gasteiger partial charge in [0.05, 0.1) is 0 Å². The molecule has 4 heteroatoms. The molecule has 0 fully saturated rings.